The van der Waals surface area contributed by atoms with Gasteiger partial charge in [0.05, 0.1) is 24.2 Å². The molecule has 3 nitrogen and oxygen atoms in total. The minimum atomic E-state index is 0.385. The van der Waals surface area contributed by atoms with Gasteiger partial charge in [-0.15, -0.1) is 0 Å². The van der Waals surface area contributed by atoms with Crippen molar-refractivity contribution >= 4 is 22.6 Å². The Morgan fingerprint density at radius 2 is 2.36 bits per heavy atom. The average molecular weight is 209 g/mol. The summed E-state index contributed by atoms with van der Waals surface area (Å²) in [6.07, 6.45) is 0. The maximum absolute atomic E-state index is 5.96. The van der Waals surface area contributed by atoms with Gasteiger partial charge in [0.1, 0.15) is 5.52 Å². The van der Waals surface area contributed by atoms with Crippen LogP contribution in [0.3, 0.4) is 0 Å². The number of fused-ring (bicyclic) bond motifs is 1. The van der Waals surface area contributed by atoms with E-state index in [0.29, 0.717) is 23.2 Å². The molecule has 1 aromatic carbocycles. The smallest absolute Gasteiger partial charge is 0.297 e. The van der Waals surface area contributed by atoms with Gasteiger partial charge >= 0.3 is 0 Å². The average Bonchev–Trinajstić information content (AvgIpc) is 2.48. The summed E-state index contributed by atoms with van der Waals surface area (Å²) in [4.78, 5) is 4.19. The maximum Gasteiger partial charge on any atom is 0.297 e. The van der Waals surface area contributed by atoms with Crippen LogP contribution in [-0.2, 0) is 0 Å². The first-order valence-corrected chi connectivity index (χ1v) is 4.66. The summed E-state index contributed by atoms with van der Waals surface area (Å²) in [7, 11) is 5.76. The van der Waals surface area contributed by atoms with Crippen molar-refractivity contribution in [2.24, 2.45) is 0 Å². The topological polar surface area (TPSA) is 27.1 Å². The van der Waals surface area contributed by atoms with E-state index >= 15 is 0 Å². The van der Waals surface area contributed by atoms with E-state index in [1.54, 1.807) is 6.07 Å². The number of nitrogens with zero attached hydrogens (tertiary/aromatic N) is 2. The predicted molar refractivity (Wildman–Crippen MR) is 55.6 cm³/mol. The van der Waals surface area contributed by atoms with Crippen molar-refractivity contribution in [3.05, 3.63) is 30.3 Å². The van der Waals surface area contributed by atoms with Crippen LogP contribution in [0.5, 0.6) is 6.01 Å². The van der Waals surface area contributed by atoms with Gasteiger partial charge in [0.25, 0.3) is 6.01 Å². The van der Waals surface area contributed by atoms with E-state index in [4.69, 9.17) is 23.4 Å². The van der Waals surface area contributed by atoms with E-state index < -0.39 is 0 Å². The second kappa shape index (κ2) is 3.50. The van der Waals surface area contributed by atoms with Crippen LogP contribution in [0.1, 0.15) is 6.92 Å². The van der Waals surface area contributed by atoms with Crippen LogP contribution in [0.2, 0.25) is 5.02 Å². The SMILES string of the molecule is [CH]n1c(OCC)nc2c(Cl)cccc21. The van der Waals surface area contributed by atoms with Crippen molar-refractivity contribution < 1.29 is 4.74 Å². The van der Waals surface area contributed by atoms with Crippen LogP contribution < -0.4 is 4.74 Å². The fraction of sp³-hybridized carbons (Fsp3) is 0.200. The van der Waals surface area contributed by atoms with Crippen molar-refractivity contribution in [1.82, 2.24) is 9.55 Å². The quantitative estimate of drug-likeness (QED) is 0.759. The summed E-state index contributed by atoms with van der Waals surface area (Å²) in [6, 6.07) is 5.82. The van der Waals surface area contributed by atoms with Gasteiger partial charge in [-0.1, -0.05) is 17.7 Å². The maximum atomic E-state index is 5.96. The number of ether oxygens (including phenoxy) is 1. The molecule has 0 N–H and O–H groups in total. The molecule has 0 atom stereocenters. The third kappa shape index (κ3) is 1.34. The Kier molecular flexibility index (Phi) is 2.33. The van der Waals surface area contributed by atoms with Crippen molar-refractivity contribution in [3.8, 4) is 6.01 Å². The molecule has 72 valence electrons. The van der Waals surface area contributed by atoms with Crippen LogP contribution >= 0.6 is 11.6 Å². The fourth-order valence-corrected chi connectivity index (χ4v) is 1.50. The highest BCUT2D eigenvalue weighted by atomic mass is 35.5. The summed E-state index contributed by atoms with van der Waals surface area (Å²) >= 11 is 5.96. The number of benzene rings is 1. The van der Waals surface area contributed by atoms with Crippen LogP contribution in [0.25, 0.3) is 11.0 Å². The summed E-state index contributed by atoms with van der Waals surface area (Å²) < 4.78 is 6.64. The lowest BCUT2D eigenvalue weighted by molar-refractivity contribution is 0.309. The Bertz CT molecular complexity index is 464. The van der Waals surface area contributed by atoms with Gasteiger partial charge in [-0.2, -0.15) is 4.98 Å². The minimum absolute atomic E-state index is 0.385. The molecule has 0 spiro atoms. The Labute approximate surface area is 87.3 Å². The third-order valence-corrected chi connectivity index (χ3v) is 2.22. The summed E-state index contributed by atoms with van der Waals surface area (Å²) in [5, 5.41) is 0.577. The Balaban J connectivity index is 2.67. The van der Waals surface area contributed by atoms with Gasteiger partial charge < -0.3 is 4.74 Å². The van der Waals surface area contributed by atoms with Gasteiger partial charge in [0.15, 0.2) is 0 Å². The lowest BCUT2D eigenvalue weighted by atomic mass is 10.3. The molecule has 1 heterocycles. The molecule has 0 amide bonds. The number of para-hydroxylation sites is 1. The molecule has 0 bridgehead atoms. The summed E-state index contributed by atoms with van der Waals surface area (Å²) in [5.74, 6) is 0. The summed E-state index contributed by atoms with van der Waals surface area (Å²) in [6.45, 7) is 2.40. The van der Waals surface area contributed by atoms with Gasteiger partial charge in [-0.05, 0) is 19.1 Å². The van der Waals surface area contributed by atoms with Crippen LogP contribution in [-0.4, -0.2) is 16.2 Å². The Morgan fingerprint density at radius 3 is 3.00 bits per heavy atom. The Hall–Kier alpha value is -1.22. The standard InChI is InChI=1S/C10H9ClN2O/c1-3-14-10-12-9-7(11)5-4-6-8(9)13(10)2/h2,4-6H,3H2,1H3. The van der Waals surface area contributed by atoms with E-state index in [9.17, 15) is 0 Å². The van der Waals surface area contributed by atoms with Gasteiger partial charge in [-0.3, -0.25) is 4.57 Å². The van der Waals surface area contributed by atoms with Gasteiger partial charge in [0, 0.05) is 0 Å². The predicted octanol–water partition coefficient (Wildman–Crippen LogP) is 2.61. The number of aromatic nitrogens is 2. The van der Waals surface area contributed by atoms with Crippen LogP contribution in [0.4, 0.5) is 0 Å². The van der Waals surface area contributed by atoms with Gasteiger partial charge in [-0.25, -0.2) is 0 Å². The van der Waals surface area contributed by atoms with E-state index in [1.165, 1.54) is 4.57 Å². The molecule has 2 radical (unpaired) electrons. The molecular weight excluding hydrogens is 200 g/mol. The molecule has 0 saturated carbocycles. The van der Waals surface area contributed by atoms with Crippen LogP contribution in [0.15, 0.2) is 18.2 Å². The number of halogens is 1. The van der Waals surface area contributed by atoms with E-state index in [0.717, 1.165) is 5.52 Å². The normalized spacial score (nSPS) is 10.8. The highest BCUT2D eigenvalue weighted by Crippen LogP contribution is 2.26. The molecule has 0 aliphatic carbocycles. The van der Waals surface area contributed by atoms with E-state index in [1.807, 2.05) is 19.1 Å². The largest absolute Gasteiger partial charge is 0.465 e. The highest BCUT2D eigenvalue weighted by Gasteiger charge is 2.10. The molecule has 0 saturated heterocycles. The number of rotatable bonds is 2. The first-order valence-electron chi connectivity index (χ1n) is 4.29. The zero-order valence-electron chi connectivity index (χ0n) is 7.70. The Morgan fingerprint density at radius 1 is 1.57 bits per heavy atom. The molecule has 4 heteroatoms. The van der Waals surface area contributed by atoms with Gasteiger partial charge in [0.2, 0.25) is 0 Å². The molecule has 1 aromatic heterocycles. The minimum Gasteiger partial charge on any atom is -0.465 e. The van der Waals surface area contributed by atoms with Crippen molar-refractivity contribution in [1.29, 1.82) is 0 Å². The molecule has 2 rings (SSSR count). The van der Waals surface area contributed by atoms with Crippen molar-refractivity contribution in [2.45, 2.75) is 6.92 Å². The van der Waals surface area contributed by atoms with Crippen molar-refractivity contribution in [3.63, 3.8) is 0 Å². The van der Waals surface area contributed by atoms with E-state index in [-0.39, 0.29) is 0 Å². The number of hydrogen-bond donors (Lipinski definition) is 0. The third-order valence-electron chi connectivity index (χ3n) is 1.91. The molecule has 2 aromatic rings. The van der Waals surface area contributed by atoms with E-state index in [2.05, 4.69) is 4.98 Å². The molecule has 0 aliphatic rings. The lowest BCUT2D eigenvalue weighted by Crippen LogP contribution is -1.97. The molecular formula is C10H9ClN2O. The first-order chi connectivity index (χ1) is 6.74. The summed E-state index contributed by atoms with van der Waals surface area (Å²) in [5.41, 5.74) is 1.43. The molecule has 0 fully saturated rings. The molecule has 14 heavy (non-hydrogen) atoms. The monoisotopic (exact) mass is 208 g/mol. The zero-order chi connectivity index (χ0) is 10.1. The highest BCUT2D eigenvalue weighted by molar-refractivity contribution is 6.34. The second-order valence-corrected chi connectivity index (χ2v) is 3.21. The molecule has 0 unspecified atom stereocenters. The first kappa shape index (κ1) is 9.34. The zero-order valence-corrected chi connectivity index (χ0v) is 8.45. The lowest BCUT2D eigenvalue weighted by Gasteiger charge is -2.00. The van der Waals surface area contributed by atoms with Crippen LogP contribution in [0, 0.1) is 7.05 Å². The number of imidazole rings is 1. The fourth-order valence-electron chi connectivity index (χ4n) is 1.29. The van der Waals surface area contributed by atoms with Crippen molar-refractivity contribution in [2.75, 3.05) is 6.61 Å². The number of hydrogen-bond acceptors (Lipinski definition) is 2. The molecule has 0 aliphatic heterocycles. The second-order valence-electron chi connectivity index (χ2n) is 2.80.